The van der Waals surface area contributed by atoms with Crippen molar-refractivity contribution in [3.8, 4) is 0 Å². The van der Waals surface area contributed by atoms with E-state index in [9.17, 15) is 4.79 Å². The number of rotatable bonds is 4. The van der Waals surface area contributed by atoms with Crippen LogP contribution in [0.25, 0.3) is 0 Å². The molecule has 0 radical (unpaired) electrons. The van der Waals surface area contributed by atoms with Crippen LogP contribution in [0.1, 0.15) is 29.3 Å². The Kier molecular flexibility index (Phi) is 4.43. The van der Waals surface area contributed by atoms with E-state index in [4.69, 9.17) is 5.11 Å². The zero-order valence-corrected chi connectivity index (χ0v) is 11.6. The van der Waals surface area contributed by atoms with Gasteiger partial charge in [0.05, 0.1) is 0 Å². The lowest BCUT2D eigenvalue weighted by Crippen LogP contribution is -2.29. The van der Waals surface area contributed by atoms with Gasteiger partial charge in [-0.2, -0.15) is 0 Å². The molecule has 104 valence electrons. The minimum Gasteiger partial charge on any atom is -0.396 e. The van der Waals surface area contributed by atoms with E-state index >= 15 is 0 Å². The fourth-order valence-electron chi connectivity index (χ4n) is 2.55. The number of hydrogen-bond acceptors (Lipinski definition) is 3. The van der Waals surface area contributed by atoms with Crippen molar-refractivity contribution in [3.05, 3.63) is 29.3 Å². The number of carbonyl (C=O) groups excluding carboxylic acids is 1. The van der Waals surface area contributed by atoms with Crippen molar-refractivity contribution >= 4 is 11.6 Å². The molecule has 0 bridgehead atoms. The molecule has 0 saturated carbocycles. The van der Waals surface area contributed by atoms with E-state index in [2.05, 4.69) is 5.32 Å². The third kappa shape index (κ3) is 3.07. The van der Waals surface area contributed by atoms with E-state index in [1.165, 1.54) is 0 Å². The highest BCUT2D eigenvalue weighted by atomic mass is 16.3. The maximum Gasteiger partial charge on any atom is 0.254 e. The van der Waals surface area contributed by atoms with Crippen LogP contribution >= 0.6 is 0 Å². The highest BCUT2D eigenvalue weighted by molar-refractivity contribution is 5.96. The van der Waals surface area contributed by atoms with Crippen LogP contribution in [-0.4, -0.2) is 42.2 Å². The molecule has 1 saturated heterocycles. The van der Waals surface area contributed by atoms with Gasteiger partial charge in [0.2, 0.25) is 0 Å². The average Bonchev–Trinajstić information content (AvgIpc) is 2.87. The van der Waals surface area contributed by atoms with Crippen molar-refractivity contribution in [2.75, 3.05) is 31.6 Å². The van der Waals surface area contributed by atoms with Gasteiger partial charge in [0, 0.05) is 43.4 Å². The lowest BCUT2D eigenvalue weighted by atomic mass is 10.1. The molecule has 4 nitrogen and oxygen atoms in total. The van der Waals surface area contributed by atoms with Gasteiger partial charge < -0.3 is 15.3 Å². The van der Waals surface area contributed by atoms with Gasteiger partial charge in [-0.3, -0.25) is 4.79 Å². The summed E-state index contributed by atoms with van der Waals surface area (Å²) in [6.07, 6.45) is 0.900. The molecule has 1 unspecified atom stereocenters. The van der Waals surface area contributed by atoms with Crippen molar-refractivity contribution < 1.29 is 9.90 Å². The first-order valence-corrected chi connectivity index (χ1v) is 6.90. The van der Waals surface area contributed by atoms with Crippen LogP contribution in [0.15, 0.2) is 18.2 Å². The lowest BCUT2D eigenvalue weighted by molar-refractivity contribution is 0.0781. The van der Waals surface area contributed by atoms with Gasteiger partial charge in [0.25, 0.3) is 5.91 Å². The zero-order valence-electron chi connectivity index (χ0n) is 11.6. The summed E-state index contributed by atoms with van der Waals surface area (Å²) in [5, 5.41) is 12.4. The second-order valence-electron chi connectivity index (χ2n) is 5.15. The Labute approximate surface area is 114 Å². The van der Waals surface area contributed by atoms with Gasteiger partial charge in [0.1, 0.15) is 0 Å². The number of amides is 1. The van der Waals surface area contributed by atoms with Gasteiger partial charge in [-0.1, -0.05) is 0 Å². The molecule has 1 atom stereocenters. The van der Waals surface area contributed by atoms with Crippen molar-refractivity contribution in [1.29, 1.82) is 0 Å². The Morgan fingerprint density at radius 2 is 2.32 bits per heavy atom. The maximum absolute atomic E-state index is 12.4. The molecule has 2 rings (SSSR count). The maximum atomic E-state index is 12.4. The van der Waals surface area contributed by atoms with Crippen molar-refractivity contribution in [3.63, 3.8) is 0 Å². The molecule has 1 aromatic rings. The molecule has 1 aliphatic rings. The standard InChI is InChI=1S/C15H22N2O2/c1-3-16-13-4-5-14(11(2)8-13)15(19)17-7-6-12(9-17)10-18/h4-5,8,12,16,18H,3,6-7,9-10H2,1-2H3. The Morgan fingerprint density at radius 1 is 1.53 bits per heavy atom. The molecule has 4 heteroatoms. The monoisotopic (exact) mass is 262 g/mol. The second-order valence-corrected chi connectivity index (χ2v) is 5.15. The van der Waals surface area contributed by atoms with Crippen LogP contribution in [0.4, 0.5) is 5.69 Å². The minimum absolute atomic E-state index is 0.0801. The van der Waals surface area contributed by atoms with E-state index in [0.29, 0.717) is 6.54 Å². The topological polar surface area (TPSA) is 52.6 Å². The van der Waals surface area contributed by atoms with Crippen LogP contribution in [0.2, 0.25) is 0 Å². The van der Waals surface area contributed by atoms with E-state index in [-0.39, 0.29) is 18.4 Å². The molecule has 19 heavy (non-hydrogen) atoms. The van der Waals surface area contributed by atoms with Crippen LogP contribution in [0, 0.1) is 12.8 Å². The fourth-order valence-corrected chi connectivity index (χ4v) is 2.55. The van der Waals surface area contributed by atoms with E-state index in [0.717, 1.165) is 36.3 Å². The molecule has 0 aromatic heterocycles. The summed E-state index contributed by atoms with van der Waals surface area (Å²) < 4.78 is 0. The summed E-state index contributed by atoms with van der Waals surface area (Å²) >= 11 is 0. The van der Waals surface area contributed by atoms with Crippen LogP contribution < -0.4 is 5.32 Å². The second kappa shape index (κ2) is 6.06. The third-order valence-corrected chi connectivity index (χ3v) is 3.67. The van der Waals surface area contributed by atoms with Gasteiger partial charge in [0.15, 0.2) is 0 Å². The summed E-state index contributed by atoms with van der Waals surface area (Å²) in [5.74, 6) is 0.321. The number of carbonyl (C=O) groups is 1. The Balaban J connectivity index is 2.11. The molecule has 1 fully saturated rings. The third-order valence-electron chi connectivity index (χ3n) is 3.67. The molecule has 0 aliphatic carbocycles. The van der Waals surface area contributed by atoms with E-state index in [1.807, 2.05) is 36.9 Å². The molecular weight excluding hydrogens is 240 g/mol. The molecule has 1 aliphatic heterocycles. The van der Waals surface area contributed by atoms with Gasteiger partial charge in [-0.25, -0.2) is 0 Å². The highest BCUT2D eigenvalue weighted by Crippen LogP contribution is 2.21. The largest absolute Gasteiger partial charge is 0.396 e. The normalized spacial score (nSPS) is 18.7. The highest BCUT2D eigenvalue weighted by Gasteiger charge is 2.27. The van der Waals surface area contributed by atoms with Crippen LogP contribution in [0.3, 0.4) is 0 Å². The Morgan fingerprint density at radius 3 is 2.89 bits per heavy atom. The molecule has 0 spiro atoms. The zero-order chi connectivity index (χ0) is 13.8. The summed E-state index contributed by atoms with van der Waals surface area (Å²) in [5.41, 5.74) is 2.81. The van der Waals surface area contributed by atoms with Crippen molar-refractivity contribution in [2.24, 2.45) is 5.92 Å². The predicted molar refractivity (Wildman–Crippen MR) is 76.4 cm³/mol. The molecular formula is C15H22N2O2. The smallest absolute Gasteiger partial charge is 0.254 e. The first-order chi connectivity index (χ1) is 9.15. The number of benzene rings is 1. The van der Waals surface area contributed by atoms with E-state index in [1.54, 1.807) is 0 Å². The molecule has 1 amide bonds. The number of anilines is 1. The lowest BCUT2D eigenvalue weighted by Gasteiger charge is -2.18. The Hall–Kier alpha value is -1.55. The molecule has 2 N–H and O–H groups in total. The van der Waals surface area contributed by atoms with Gasteiger partial charge >= 0.3 is 0 Å². The number of aryl methyl sites for hydroxylation is 1. The molecule has 1 heterocycles. The minimum atomic E-state index is 0.0801. The number of nitrogens with zero attached hydrogens (tertiary/aromatic N) is 1. The first kappa shape index (κ1) is 13.9. The van der Waals surface area contributed by atoms with Crippen LogP contribution in [-0.2, 0) is 0 Å². The number of likely N-dealkylation sites (tertiary alicyclic amines) is 1. The van der Waals surface area contributed by atoms with Crippen molar-refractivity contribution in [2.45, 2.75) is 20.3 Å². The summed E-state index contributed by atoms with van der Waals surface area (Å²) in [6.45, 7) is 6.47. The summed E-state index contributed by atoms with van der Waals surface area (Å²) in [4.78, 5) is 14.3. The predicted octanol–water partition coefficient (Wildman–Crippen LogP) is 1.88. The number of hydrogen-bond donors (Lipinski definition) is 2. The van der Waals surface area contributed by atoms with Crippen molar-refractivity contribution in [1.82, 2.24) is 4.90 Å². The number of aliphatic hydroxyl groups is 1. The Bertz CT molecular complexity index is 459. The number of aliphatic hydroxyl groups excluding tert-OH is 1. The first-order valence-electron chi connectivity index (χ1n) is 6.90. The van der Waals surface area contributed by atoms with Crippen LogP contribution in [0.5, 0.6) is 0 Å². The quantitative estimate of drug-likeness (QED) is 0.871. The summed E-state index contributed by atoms with van der Waals surface area (Å²) in [7, 11) is 0. The van der Waals surface area contributed by atoms with Gasteiger partial charge in [-0.15, -0.1) is 0 Å². The van der Waals surface area contributed by atoms with E-state index < -0.39 is 0 Å². The average molecular weight is 262 g/mol. The molecule has 1 aromatic carbocycles. The SMILES string of the molecule is CCNc1ccc(C(=O)N2CCC(CO)C2)c(C)c1. The fraction of sp³-hybridized carbons (Fsp3) is 0.533. The van der Waals surface area contributed by atoms with Gasteiger partial charge in [-0.05, 0) is 44.0 Å². The number of nitrogens with one attached hydrogen (secondary N) is 1. The summed E-state index contributed by atoms with van der Waals surface area (Å²) in [6, 6.07) is 5.85.